The van der Waals surface area contributed by atoms with Crippen molar-refractivity contribution >= 4 is 29.1 Å². The summed E-state index contributed by atoms with van der Waals surface area (Å²) in [5.74, 6) is 0.763. The number of nitrogens with one attached hydrogen (secondary N) is 2. The van der Waals surface area contributed by atoms with E-state index in [2.05, 4.69) is 10.3 Å². The number of rotatable bonds is 4. The molecule has 0 saturated heterocycles. The molecule has 0 spiro atoms. The van der Waals surface area contributed by atoms with E-state index in [1.54, 1.807) is 19.9 Å². The summed E-state index contributed by atoms with van der Waals surface area (Å²) >= 11 is 0. The number of para-hydroxylation sites is 3. The van der Waals surface area contributed by atoms with E-state index in [9.17, 15) is 4.79 Å². The van der Waals surface area contributed by atoms with Gasteiger partial charge in [-0.2, -0.15) is 0 Å². The maximum Gasteiger partial charge on any atom is 0.414 e. The minimum atomic E-state index is -0.636. The van der Waals surface area contributed by atoms with Gasteiger partial charge in [-0.1, -0.05) is 37.3 Å². The predicted octanol–water partition coefficient (Wildman–Crippen LogP) is 4.42. The van der Waals surface area contributed by atoms with E-state index in [0.717, 1.165) is 12.0 Å². The zero-order chi connectivity index (χ0) is 19.4. The van der Waals surface area contributed by atoms with Crippen molar-refractivity contribution in [3.8, 4) is 5.75 Å². The standard InChI is InChI=1S/C20H22N4O3/c1-4-14-9-5-8-12-17(14)27-18(21)24-16-11-7-6-10-15(16)22-19(24)23-20(25)26-13(2)3/h5-13,21H,4H2,1-3H3,(H,22,23,25). The lowest BCUT2D eigenvalue weighted by Crippen LogP contribution is -2.25. The van der Waals surface area contributed by atoms with Crippen LogP contribution in [0.25, 0.3) is 11.0 Å². The molecule has 0 fully saturated rings. The van der Waals surface area contributed by atoms with Gasteiger partial charge >= 0.3 is 12.1 Å². The molecule has 0 saturated carbocycles. The Kier molecular flexibility index (Phi) is 5.40. The van der Waals surface area contributed by atoms with Gasteiger partial charge in [0.15, 0.2) is 0 Å². The Bertz CT molecular complexity index is 978. The number of aromatic nitrogens is 2. The molecule has 27 heavy (non-hydrogen) atoms. The molecule has 2 N–H and O–H groups in total. The molecule has 0 bridgehead atoms. The average molecular weight is 366 g/mol. The molecule has 3 aromatic rings. The number of benzene rings is 2. The Balaban J connectivity index is 1.97. The molecule has 0 aliphatic rings. The number of carbonyl (C=O) groups is 1. The summed E-state index contributed by atoms with van der Waals surface area (Å²) in [5, 5.41) is 11.1. The van der Waals surface area contributed by atoms with Crippen molar-refractivity contribution in [1.82, 2.24) is 9.55 Å². The largest absolute Gasteiger partial charge is 0.447 e. The highest BCUT2D eigenvalue weighted by Crippen LogP contribution is 2.23. The fourth-order valence-electron chi connectivity index (χ4n) is 2.70. The highest BCUT2D eigenvalue weighted by Gasteiger charge is 2.19. The number of ether oxygens (including phenoxy) is 2. The maximum atomic E-state index is 12.0. The van der Waals surface area contributed by atoms with Crippen molar-refractivity contribution in [1.29, 1.82) is 5.41 Å². The first-order chi connectivity index (χ1) is 13.0. The smallest absolute Gasteiger partial charge is 0.414 e. The van der Waals surface area contributed by atoms with Gasteiger partial charge in [0.05, 0.1) is 17.1 Å². The van der Waals surface area contributed by atoms with Gasteiger partial charge < -0.3 is 9.47 Å². The van der Waals surface area contributed by atoms with Crippen molar-refractivity contribution in [2.24, 2.45) is 0 Å². The Hall–Kier alpha value is -3.35. The van der Waals surface area contributed by atoms with Crippen molar-refractivity contribution in [3.63, 3.8) is 0 Å². The lowest BCUT2D eigenvalue weighted by molar-refractivity contribution is 0.129. The average Bonchev–Trinajstić information content (AvgIpc) is 2.99. The number of aryl methyl sites for hydroxylation is 1. The summed E-state index contributed by atoms with van der Waals surface area (Å²) in [4.78, 5) is 16.4. The molecule has 3 rings (SSSR count). The molecule has 0 radical (unpaired) electrons. The summed E-state index contributed by atoms with van der Waals surface area (Å²) in [5.41, 5.74) is 2.27. The maximum absolute atomic E-state index is 12.0. The molecule has 140 valence electrons. The van der Waals surface area contributed by atoms with Crippen molar-refractivity contribution in [2.75, 3.05) is 5.32 Å². The van der Waals surface area contributed by atoms with Crippen LogP contribution >= 0.6 is 0 Å². The van der Waals surface area contributed by atoms with Crippen molar-refractivity contribution < 1.29 is 14.3 Å². The molecule has 0 aliphatic heterocycles. The summed E-state index contributed by atoms with van der Waals surface area (Å²) < 4.78 is 12.4. The van der Waals surface area contributed by atoms with Gasteiger partial charge in [-0.15, -0.1) is 0 Å². The number of carbonyl (C=O) groups excluding carboxylic acids is 1. The third-order valence-corrected chi connectivity index (χ3v) is 3.88. The number of amides is 1. The molecule has 1 aromatic heterocycles. The number of imidazole rings is 1. The van der Waals surface area contributed by atoms with Crippen LogP contribution in [-0.4, -0.2) is 27.8 Å². The van der Waals surface area contributed by atoms with Crippen LogP contribution in [0.15, 0.2) is 48.5 Å². The first-order valence-electron chi connectivity index (χ1n) is 8.79. The molecule has 1 heterocycles. The number of nitrogens with zero attached hydrogens (tertiary/aromatic N) is 2. The molecule has 2 aromatic carbocycles. The molecular weight excluding hydrogens is 344 g/mol. The Morgan fingerprint density at radius 2 is 1.89 bits per heavy atom. The summed E-state index contributed by atoms with van der Waals surface area (Å²) in [7, 11) is 0. The van der Waals surface area contributed by atoms with Gasteiger partial charge in [-0.05, 0) is 44.0 Å². The number of anilines is 1. The van der Waals surface area contributed by atoms with Gasteiger partial charge in [0.1, 0.15) is 5.75 Å². The van der Waals surface area contributed by atoms with E-state index < -0.39 is 6.09 Å². The predicted molar refractivity (Wildman–Crippen MR) is 105 cm³/mol. The van der Waals surface area contributed by atoms with Crippen LogP contribution in [-0.2, 0) is 11.2 Å². The second-order valence-electron chi connectivity index (χ2n) is 6.21. The monoisotopic (exact) mass is 366 g/mol. The SMILES string of the molecule is CCc1ccccc1OC(=N)n1c(NC(=O)OC(C)C)nc2ccccc21. The van der Waals surface area contributed by atoms with Crippen LogP contribution in [0.2, 0.25) is 0 Å². The van der Waals surface area contributed by atoms with Crippen LogP contribution < -0.4 is 10.1 Å². The highest BCUT2D eigenvalue weighted by atomic mass is 16.6. The molecule has 0 aliphatic carbocycles. The van der Waals surface area contributed by atoms with E-state index >= 15 is 0 Å². The van der Waals surface area contributed by atoms with Crippen LogP contribution in [0.5, 0.6) is 5.75 Å². The fourth-order valence-corrected chi connectivity index (χ4v) is 2.70. The molecule has 0 atom stereocenters. The second kappa shape index (κ2) is 7.90. The normalized spacial score (nSPS) is 10.8. The second-order valence-corrected chi connectivity index (χ2v) is 6.21. The number of fused-ring (bicyclic) bond motifs is 1. The van der Waals surface area contributed by atoms with Gasteiger partial charge in [0, 0.05) is 0 Å². The van der Waals surface area contributed by atoms with Gasteiger partial charge in [-0.3, -0.25) is 10.7 Å². The third kappa shape index (κ3) is 4.08. The van der Waals surface area contributed by atoms with E-state index in [0.29, 0.717) is 16.8 Å². The van der Waals surface area contributed by atoms with E-state index in [4.69, 9.17) is 14.9 Å². The lowest BCUT2D eigenvalue weighted by Gasteiger charge is -2.14. The first-order valence-corrected chi connectivity index (χ1v) is 8.79. The molecule has 0 unspecified atom stereocenters. The fraction of sp³-hybridized carbons (Fsp3) is 0.250. The van der Waals surface area contributed by atoms with Crippen molar-refractivity contribution in [3.05, 3.63) is 54.1 Å². The van der Waals surface area contributed by atoms with Crippen LogP contribution in [0.1, 0.15) is 26.3 Å². The van der Waals surface area contributed by atoms with Crippen LogP contribution in [0.3, 0.4) is 0 Å². The molecule has 1 amide bonds. The minimum Gasteiger partial charge on any atom is -0.447 e. The van der Waals surface area contributed by atoms with Gasteiger partial charge in [0.25, 0.3) is 0 Å². The van der Waals surface area contributed by atoms with E-state index in [1.807, 2.05) is 49.4 Å². The number of hydrogen-bond donors (Lipinski definition) is 2. The quantitative estimate of drug-likeness (QED) is 0.528. The topological polar surface area (TPSA) is 89.2 Å². The van der Waals surface area contributed by atoms with Gasteiger partial charge in [-0.25, -0.2) is 14.3 Å². The Morgan fingerprint density at radius 1 is 1.19 bits per heavy atom. The molecule has 7 nitrogen and oxygen atoms in total. The first kappa shape index (κ1) is 18.4. The van der Waals surface area contributed by atoms with Crippen LogP contribution in [0, 0.1) is 5.41 Å². The van der Waals surface area contributed by atoms with E-state index in [1.165, 1.54) is 4.57 Å². The molecular formula is C20H22N4O3. The summed E-state index contributed by atoms with van der Waals surface area (Å²) in [6, 6.07) is 14.7. The summed E-state index contributed by atoms with van der Waals surface area (Å²) in [6.07, 6.45) is -0.127. The van der Waals surface area contributed by atoms with Crippen LogP contribution in [0.4, 0.5) is 10.7 Å². The van der Waals surface area contributed by atoms with E-state index in [-0.39, 0.29) is 18.1 Å². The zero-order valence-electron chi connectivity index (χ0n) is 15.5. The number of hydrogen-bond acceptors (Lipinski definition) is 5. The Labute approximate surface area is 157 Å². The van der Waals surface area contributed by atoms with Gasteiger partial charge in [0.2, 0.25) is 5.95 Å². The highest BCUT2D eigenvalue weighted by molar-refractivity contribution is 5.95. The lowest BCUT2D eigenvalue weighted by atomic mass is 10.1. The molecule has 7 heteroatoms. The Morgan fingerprint density at radius 3 is 2.63 bits per heavy atom. The third-order valence-electron chi connectivity index (χ3n) is 3.88. The minimum absolute atomic E-state index is 0.163. The van der Waals surface area contributed by atoms with Crippen molar-refractivity contribution in [2.45, 2.75) is 33.3 Å². The zero-order valence-corrected chi connectivity index (χ0v) is 15.5. The summed E-state index contributed by atoms with van der Waals surface area (Å²) in [6.45, 7) is 5.54.